The van der Waals surface area contributed by atoms with Gasteiger partial charge < -0.3 is 14.6 Å². The number of nitrogens with one attached hydrogen (secondary N) is 1. The Morgan fingerprint density at radius 2 is 1.82 bits per heavy atom. The summed E-state index contributed by atoms with van der Waals surface area (Å²) in [6, 6.07) is 10.5. The van der Waals surface area contributed by atoms with Crippen LogP contribution in [0.3, 0.4) is 0 Å². The molecule has 1 aromatic heterocycles. The maximum atomic E-state index is 13.2. The molecule has 0 saturated carbocycles. The first-order chi connectivity index (χ1) is 13.3. The average molecular weight is 387 g/mol. The summed E-state index contributed by atoms with van der Waals surface area (Å²) in [5.74, 6) is 0.714. The van der Waals surface area contributed by atoms with Gasteiger partial charge in [-0.3, -0.25) is 9.69 Å². The number of carbonyl (C=O) groups is 1. The summed E-state index contributed by atoms with van der Waals surface area (Å²) in [7, 11) is 0. The second-order valence-electron chi connectivity index (χ2n) is 8.57. The topological polar surface area (TPSA) is 48.7 Å². The predicted octanol–water partition coefficient (Wildman–Crippen LogP) is 3.83. The lowest BCUT2D eigenvalue weighted by Gasteiger charge is -2.39. The third-order valence-corrected chi connectivity index (χ3v) is 5.00. The van der Waals surface area contributed by atoms with E-state index in [4.69, 9.17) is 4.42 Å². The fraction of sp³-hybridized carbons (Fsp3) is 0.500. The molecule has 2 aromatic rings. The summed E-state index contributed by atoms with van der Waals surface area (Å²) >= 11 is 0. The van der Waals surface area contributed by atoms with Crippen molar-refractivity contribution in [3.8, 4) is 0 Å². The normalized spacial score (nSPS) is 16.8. The maximum Gasteiger partial charge on any atom is 0.220 e. The van der Waals surface area contributed by atoms with E-state index in [1.54, 1.807) is 6.26 Å². The second-order valence-corrected chi connectivity index (χ2v) is 8.57. The largest absolute Gasteiger partial charge is 0.468 e. The molecule has 0 aliphatic carbocycles. The highest BCUT2D eigenvalue weighted by Gasteiger charge is 2.28. The lowest BCUT2D eigenvalue weighted by atomic mass is 9.92. The van der Waals surface area contributed by atoms with Gasteiger partial charge in [0.2, 0.25) is 5.91 Å². The molecule has 1 amide bonds. The first-order valence-electron chi connectivity index (χ1n) is 9.86. The van der Waals surface area contributed by atoms with Crippen LogP contribution in [0.15, 0.2) is 47.1 Å². The van der Waals surface area contributed by atoms with Gasteiger partial charge in [0.1, 0.15) is 11.6 Å². The van der Waals surface area contributed by atoms with Crippen LogP contribution in [0.4, 0.5) is 10.1 Å². The van der Waals surface area contributed by atoms with E-state index in [2.05, 4.69) is 35.9 Å². The molecule has 1 atom stereocenters. The highest BCUT2D eigenvalue weighted by Crippen LogP contribution is 2.25. The Balaban J connectivity index is 1.60. The number of anilines is 1. The fourth-order valence-corrected chi connectivity index (χ4v) is 3.59. The first kappa shape index (κ1) is 20.4. The van der Waals surface area contributed by atoms with Crippen molar-refractivity contribution in [1.29, 1.82) is 0 Å². The number of hydrogen-bond donors (Lipinski definition) is 1. The molecule has 1 aliphatic heterocycles. The van der Waals surface area contributed by atoms with Gasteiger partial charge in [-0.1, -0.05) is 20.8 Å². The highest BCUT2D eigenvalue weighted by atomic mass is 19.1. The van der Waals surface area contributed by atoms with Crippen molar-refractivity contribution in [3.63, 3.8) is 0 Å². The van der Waals surface area contributed by atoms with Gasteiger partial charge in [0.15, 0.2) is 0 Å². The highest BCUT2D eigenvalue weighted by molar-refractivity contribution is 5.76. The van der Waals surface area contributed by atoms with Gasteiger partial charge in [-0.2, -0.15) is 0 Å². The minimum Gasteiger partial charge on any atom is -0.468 e. The predicted molar refractivity (Wildman–Crippen MR) is 109 cm³/mol. The lowest BCUT2D eigenvalue weighted by molar-refractivity contribution is -0.123. The molecule has 1 unspecified atom stereocenters. The molecule has 1 saturated heterocycles. The Labute approximate surface area is 166 Å². The van der Waals surface area contributed by atoms with Crippen molar-refractivity contribution >= 4 is 11.6 Å². The number of hydrogen-bond acceptors (Lipinski definition) is 4. The van der Waals surface area contributed by atoms with Crippen molar-refractivity contribution < 1.29 is 13.6 Å². The molecule has 152 valence electrons. The van der Waals surface area contributed by atoms with Crippen LogP contribution in [0.2, 0.25) is 0 Å². The van der Waals surface area contributed by atoms with E-state index in [9.17, 15) is 9.18 Å². The molecule has 1 fully saturated rings. The number of halogens is 1. The van der Waals surface area contributed by atoms with Crippen LogP contribution < -0.4 is 10.2 Å². The molecule has 0 bridgehead atoms. The Hall–Kier alpha value is -2.34. The van der Waals surface area contributed by atoms with E-state index in [0.29, 0.717) is 13.0 Å². The monoisotopic (exact) mass is 387 g/mol. The van der Waals surface area contributed by atoms with Crippen molar-refractivity contribution in [1.82, 2.24) is 10.2 Å². The number of rotatable bonds is 6. The van der Waals surface area contributed by atoms with Gasteiger partial charge in [-0.25, -0.2) is 4.39 Å². The zero-order valence-corrected chi connectivity index (χ0v) is 17.0. The molecule has 5 nitrogen and oxygen atoms in total. The van der Waals surface area contributed by atoms with Gasteiger partial charge in [-0.15, -0.1) is 0 Å². The SMILES string of the molecule is CC(C)(C)CC(=O)NCC(c1ccco1)N1CCN(c2ccc(F)cc2)CC1. The Bertz CT molecular complexity index is 745. The fourth-order valence-electron chi connectivity index (χ4n) is 3.59. The van der Waals surface area contributed by atoms with Crippen LogP contribution in [0.5, 0.6) is 0 Å². The molecular weight excluding hydrogens is 357 g/mol. The van der Waals surface area contributed by atoms with E-state index in [0.717, 1.165) is 37.6 Å². The number of benzene rings is 1. The number of carbonyl (C=O) groups excluding carboxylic acids is 1. The zero-order chi connectivity index (χ0) is 20.1. The standard InChI is InChI=1S/C22H30FN3O2/c1-22(2,3)15-21(27)24-16-19(20-5-4-14-28-20)26-12-10-25(11-13-26)18-8-6-17(23)7-9-18/h4-9,14,19H,10-13,15-16H2,1-3H3,(H,24,27). The number of amides is 1. The van der Waals surface area contributed by atoms with Gasteiger partial charge in [0.05, 0.1) is 12.3 Å². The maximum absolute atomic E-state index is 13.2. The molecular formula is C22H30FN3O2. The van der Waals surface area contributed by atoms with Gasteiger partial charge >= 0.3 is 0 Å². The molecule has 0 radical (unpaired) electrons. The number of nitrogens with zero attached hydrogens (tertiary/aromatic N) is 2. The van der Waals surface area contributed by atoms with Crippen molar-refractivity contribution in [2.75, 3.05) is 37.6 Å². The van der Waals surface area contributed by atoms with E-state index >= 15 is 0 Å². The van der Waals surface area contributed by atoms with Crippen LogP contribution in [0.25, 0.3) is 0 Å². The number of piperazine rings is 1. The minimum atomic E-state index is -0.216. The Kier molecular flexibility index (Phi) is 6.39. The van der Waals surface area contributed by atoms with Crippen molar-refractivity contribution in [2.24, 2.45) is 5.41 Å². The average Bonchev–Trinajstić information content (AvgIpc) is 3.16. The smallest absolute Gasteiger partial charge is 0.220 e. The van der Waals surface area contributed by atoms with E-state index in [1.165, 1.54) is 12.1 Å². The van der Waals surface area contributed by atoms with Crippen LogP contribution in [-0.4, -0.2) is 43.5 Å². The summed E-state index contributed by atoms with van der Waals surface area (Å²) in [6.45, 7) is 10.1. The minimum absolute atomic E-state index is 0.00860. The first-order valence-corrected chi connectivity index (χ1v) is 9.86. The van der Waals surface area contributed by atoms with Gasteiger partial charge in [0.25, 0.3) is 0 Å². The van der Waals surface area contributed by atoms with Crippen molar-refractivity contribution in [3.05, 3.63) is 54.2 Å². The summed E-state index contributed by atoms with van der Waals surface area (Å²) < 4.78 is 18.8. The summed E-state index contributed by atoms with van der Waals surface area (Å²) in [6.07, 6.45) is 2.17. The van der Waals surface area contributed by atoms with Crippen LogP contribution in [0, 0.1) is 11.2 Å². The third-order valence-electron chi connectivity index (χ3n) is 5.00. The molecule has 3 rings (SSSR count). The van der Waals surface area contributed by atoms with Crippen LogP contribution in [0.1, 0.15) is 39.0 Å². The summed E-state index contributed by atoms with van der Waals surface area (Å²) in [4.78, 5) is 16.9. The Morgan fingerprint density at radius 1 is 1.14 bits per heavy atom. The Morgan fingerprint density at radius 3 is 2.39 bits per heavy atom. The van der Waals surface area contributed by atoms with E-state index in [-0.39, 0.29) is 23.2 Å². The molecule has 1 N–H and O–H groups in total. The molecule has 28 heavy (non-hydrogen) atoms. The molecule has 2 heterocycles. The van der Waals surface area contributed by atoms with Gasteiger partial charge in [-0.05, 0) is 41.8 Å². The third kappa shape index (κ3) is 5.58. The number of furan rings is 1. The molecule has 1 aliphatic rings. The molecule has 1 aromatic carbocycles. The lowest BCUT2D eigenvalue weighted by Crippen LogP contribution is -2.50. The summed E-state index contributed by atoms with van der Waals surface area (Å²) in [5, 5.41) is 3.08. The van der Waals surface area contributed by atoms with E-state index in [1.807, 2.05) is 24.3 Å². The summed E-state index contributed by atoms with van der Waals surface area (Å²) in [5.41, 5.74) is 1.000. The van der Waals surface area contributed by atoms with Crippen LogP contribution in [-0.2, 0) is 4.79 Å². The molecule has 0 spiro atoms. The second kappa shape index (κ2) is 8.78. The van der Waals surface area contributed by atoms with Crippen LogP contribution >= 0.6 is 0 Å². The molecule has 6 heteroatoms. The van der Waals surface area contributed by atoms with E-state index < -0.39 is 0 Å². The quantitative estimate of drug-likeness (QED) is 0.818. The van der Waals surface area contributed by atoms with Gasteiger partial charge in [0, 0.05) is 44.8 Å². The zero-order valence-electron chi connectivity index (χ0n) is 17.0. The van der Waals surface area contributed by atoms with Crippen molar-refractivity contribution in [2.45, 2.75) is 33.2 Å².